The van der Waals surface area contributed by atoms with Gasteiger partial charge in [0.05, 0.1) is 6.20 Å². The maximum Gasteiger partial charge on any atom is 0.0522 e. The van der Waals surface area contributed by atoms with Gasteiger partial charge in [-0.1, -0.05) is 19.1 Å². The molecule has 0 amide bonds. The van der Waals surface area contributed by atoms with Crippen LogP contribution in [0.25, 0.3) is 0 Å². The Balaban J connectivity index is 1.91. The van der Waals surface area contributed by atoms with Gasteiger partial charge in [-0.2, -0.15) is 5.10 Å². The Kier molecular flexibility index (Phi) is 5.18. The van der Waals surface area contributed by atoms with Gasteiger partial charge in [-0.3, -0.25) is 9.58 Å². The predicted molar refractivity (Wildman–Crippen MR) is 83.3 cm³/mol. The van der Waals surface area contributed by atoms with E-state index >= 15 is 0 Å². The number of hydrogen-bond acceptors (Lipinski definition) is 3. The molecule has 4 heteroatoms. The van der Waals surface area contributed by atoms with Crippen LogP contribution in [-0.2, 0) is 20.0 Å². The minimum Gasteiger partial charge on any atom is -0.399 e. The van der Waals surface area contributed by atoms with Gasteiger partial charge in [0.25, 0.3) is 0 Å². The minimum absolute atomic E-state index is 0.825. The van der Waals surface area contributed by atoms with E-state index in [1.807, 2.05) is 30.1 Å². The smallest absolute Gasteiger partial charge is 0.0522 e. The Hall–Kier alpha value is -1.81. The monoisotopic (exact) mass is 272 g/mol. The molecule has 0 saturated heterocycles. The molecule has 1 aromatic heterocycles. The van der Waals surface area contributed by atoms with Crippen LogP contribution in [0.2, 0.25) is 0 Å². The van der Waals surface area contributed by atoms with Crippen LogP contribution < -0.4 is 5.73 Å². The maximum atomic E-state index is 5.73. The van der Waals surface area contributed by atoms with Crippen molar-refractivity contribution in [2.24, 2.45) is 7.05 Å². The fraction of sp³-hybridized carbons (Fsp3) is 0.438. The lowest BCUT2D eigenvalue weighted by atomic mass is 10.1. The summed E-state index contributed by atoms with van der Waals surface area (Å²) < 4.78 is 1.86. The van der Waals surface area contributed by atoms with E-state index in [0.717, 1.165) is 31.7 Å². The summed E-state index contributed by atoms with van der Waals surface area (Å²) in [6.07, 6.45) is 6.26. The highest BCUT2D eigenvalue weighted by molar-refractivity contribution is 5.39. The van der Waals surface area contributed by atoms with Crippen molar-refractivity contribution < 1.29 is 0 Å². The van der Waals surface area contributed by atoms with E-state index in [4.69, 9.17) is 5.73 Å². The summed E-state index contributed by atoms with van der Waals surface area (Å²) in [4.78, 5) is 2.48. The summed E-state index contributed by atoms with van der Waals surface area (Å²) in [5, 5.41) is 4.22. The molecule has 1 aromatic carbocycles. The van der Waals surface area contributed by atoms with Gasteiger partial charge in [-0.15, -0.1) is 0 Å². The SMILES string of the molecule is CCCN(CCc1cnn(C)c1)Cc1ccc(N)cc1. The third-order valence-corrected chi connectivity index (χ3v) is 3.40. The number of nitrogens with zero attached hydrogens (tertiary/aromatic N) is 3. The summed E-state index contributed by atoms with van der Waals surface area (Å²) >= 11 is 0. The zero-order valence-corrected chi connectivity index (χ0v) is 12.4. The third-order valence-electron chi connectivity index (χ3n) is 3.40. The molecule has 20 heavy (non-hydrogen) atoms. The van der Waals surface area contributed by atoms with Crippen LogP contribution in [0.5, 0.6) is 0 Å². The van der Waals surface area contributed by atoms with E-state index in [9.17, 15) is 0 Å². The summed E-state index contributed by atoms with van der Waals surface area (Å²) in [6, 6.07) is 8.17. The molecule has 108 valence electrons. The lowest BCUT2D eigenvalue weighted by Gasteiger charge is -2.21. The van der Waals surface area contributed by atoms with Crippen LogP contribution in [0.4, 0.5) is 5.69 Å². The van der Waals surface area contributed by atoms with Crippen LogP contribution in [0.15, 0.2) is 36.7 Å². The molecule has 0 aliphatic carbocycles. The highest BCUT2D eigenvalue weighted by atomic mass is 15.2. The van der Waals surface area contributed by atoms with Crippen molar-refractivity contribution in [3.63, 3.8) is 0 Å². The Morgan fingerprint density at radius 3 is 2.50 bits per heavy atom. The zero-order valence-electron chi connectivity index (χ0n) is 12.4. The zero-order chi connectivity index (χ0) is 14.4. The largest absolute Gasteiger partial charge is 0.399 e. The van der Waals surface area contributed by atoms with Crippen LogP contribution in [0.3, 0.4) is 0 Å². The molecule has 2 rings (SSSR count). The van der Waals surface area contributed by atoms with Crippen molar-refractivity contribution in [3.05, 3.63) is 47.8 Å². The first-order chi connectivity index (χ1) is 9.67. The molecule has 2 aromatic rings. The number of nitrogens with two attached hydrogens (primary N) is 1. The number of hydrogen-bond donors (Lipinski definition) is 1. The molecule has 0 aliphatic heterocycles. The summed E-state index contributed by atoms with van der Waals surface area (Å²) in [6.45, 7) is 5.38. The number of anilines is 1. The Bertz CT molecular complexity index is 516. The number of aryl methyl sites for hydroxylation is 1. The van der Waals surface area contributed by atoms with E-state index < -0.39 is 0 Å². The van der Waals surface area contributed by atoms with Crippen LogP contribution in [0, 0.1) is 0 Å². The predicted octanol–water partition coefficient (Wildman–Crippen LogP) is 2.46. The average molecular weight is 272 g/mol. The topological polar surface area (TPSA) is 47.1 Å². The standard InChI is InChI=1S/C16H24N4/c1-3-9-20(10-8-15-11-18-19(2)12-15)13-14-4-6-16(17)7-5-14/h4-7,11-12H,3,8-10,13,17H2,1-2H3. The summed E-state index contributed by atoms with van der Waals surface area (Å²) in [5.74, 6) is 0. The number of aromatic nitrogens is 2. The first kappa shape index (κ1) is 14.6. The van der Waals surface area contributed by atoms with Gasteiger partial charge >= 0.3 is 0 Å². The Morgan fingerprint density at radius 2 is 1.90 bits per heavy atom. The molecule has 4 nitrogen and oxygen atoms in total. The molecular weight excluding hydrogens is 248 g/mol. The first-order valence-corrected chi connectivity index (χ1v) is 7.21. The van der Waals surface area contributed by atoms with Gasteiger partial charge in [0.1, 0.15) is 0 Å². The molecular formula is C16H24N4. The molecule has 0 saturated carbocycles. The minimum atomic E-state index is 0.825. The van der Waals surface area contributed by atoms with Crippen molar-refractivity contribution in [1.82, 2.24) is 14.7 Å². The van der Waals surface area contributed by atoms with Crippen molar-refractivity contribution in [1.29, 1.82) is 0 Å². The third kappa shape index (κ3) is 4.38. The lowest BCUT2D eigenvalue weighted by Crippen LogP contribution is -2.26. The summed E-state index contributed by atoms with van der Waals surface area (Å²) in [5.41, 5.74) is 9.17. The highest BCUT2D eigenvalue weighted by Crippen LogP contribution is 2.10. The molecule has 0 unspecified atom stereocenters. The van der Waals surface area contributed by atoms with Crippen molar-refractivity contribution in [2.45, 2.75) is 26.3 Å². The molecule has 2 N–H and O–H groups in total. The average Bonchev–Trinajstić information content (AvgIpc) is 2.85. The Labute approximate surface area is 121 Å². The van der Waals surface area contributed by atoms with Crippen molar-refractivity contribution in [2.75, 3.05) is 18.8 Å². The molecule has 0 bridgehead atoms. The lowest BCUT2D eigenvalue weighted by molar-refractivity contribution is 0.269. The first-order valence-electron chi connectivity index (χ1n) is 7.21. The van der Waals surface area contributed by atoms with Gasteiger partial charge in [0.2, 0.25) is 0 Å². The number of nitrogen functional groups attached to an aromatic ring is 1. The highest BCUT2D eigenvalue weighted by Gasteiger charge is 2.06. The quantitative estimate of drug-likeness (QED) is 0.788. The normalized spacial score (nSPS) is 11.2. The maximum absolute atomic E-state index is 5.73. The fourth-order valence-electron chi connectivity index (χ4n) is 2.36. The van der Waals surface area contributed by atoms with Gasteiger partial charge in [0, 0.05) is 32.0 Å². The molecule has 0 radical (unpaired) electrons. The van der Waals surface area contributed by atoms with E-state index in [0.29, 0.717) is 0 Å². The van der Waals surface area contributed by atoms with Gasteiger partial charge in [-0.05, 0) is 42.6 Å². The molecule has 0 fully saturated rings. The van der Waals surface area contributed by atoms with E-state index in [2.05, 4.69) is 35.3 Å². The molecule has 0 atom stereocenters. The van der Waals surface area contributed by atoms with E-state index in [-0.39, 0.29) is 0 Å². The van der Waals surface area contributed by atoms with Crippen LogP contribution in [-0.4, -0.2) is 27.8 Å². The van der Waals surface area contributed by atoms with Crippen molar-refractivity contribution in [3.8, 4) is 0 Å². The molecule has 1 heterocycles. The summed E-state index contributed by atoms with van der Waals surface area (Å²) in [7, 11) is 1.96. The molecule has 0 aliphatic rings. The van der Waals surface area contributed by atoms with Crippen LogP contribution >= 0.6 is 0 Å². The fourth-order valence-corrected chi connectivity index (χ4v) is 2.36. The van der Waals surface area contributed by atoms with Gasteiger partial charge < -0.3 is 5.73 Å². The van der Waals surface area contributed by atoms with E-state index in [1.54, 1.807) is 0 Å². The van der Waals surface area contributed by atoms with Gasteiger partial charge in [-0.25, -0.2) is 0 Å². The van der Waals surface area contributed by atoms with E-state index in [1.165, 1.54) is 17.5 Å². The van der Waals surface area contributed by atoms with Crippen molar-refractivity contribution >= 4 is 5.69 Å². The Morgan fingerprint density at radius 1 is 1.15 bits per heavy atom. The van der Waals surface area contributed by atoms with Gasteiger partial charge in [0.15, 0.2) is 0 Å². The number of rotatable bonds is 7. The second-order valence-corrected chi connectivity index (χ2v) is 5.29. The number of benzene rings is 1. The second kappa shape index (κ2) is 7.10. The second-order valence-electron chi connectivity index (χ2n) is 5.29. The molecule has 0 spiro atoms. The van der Waals surface area contributed by atoms with Crippen LogP contribution in [0.1, 0.15) is 24.5 Å².